The van der Waals surface area contributed by atoms with Crippen molar-refractivity contribution in [3.63, 3.8) is 0 Å². The predicted molar refractivity (Wildman–Crippen MR) is 120 cm³/mol. The minimum Gasteiger partial charge on any atom is -0.492 e. The molecule has 1 saturated heterocycles. The Balaban J connectivity index is 1.16. The third kappa shape index (κ3) is 4.79. The summed E-state index contributed by atoms with van der Waals surface area (Å²) < 4.78 is 42.2. The number of benzene rings is 2. The largest absolute Gasteiger partial charge is 0.492 e. The zero-order valence-corrected chi connectivity index (χ0v) is 18.9. The van der Waals surface area contributed by atoms with Crippen LogP contribution in [0.4, 0.5) is 5.69 Å². The van der Waals surface area contributed by atoms with E-state index in [1.807, 2.05) is 6.07 Å². The zero-order valence-electron chi connectivity index (χ0n) is 18.1. The fourth-order valence-corrected chi connectivity index (χ4v) is 4.93. The van der Waals surface area contributed by atoms with Crippen LogP contribution in [-0.4, -0.2) is 67.5 Å². The van der Waals surface area contributed by atoms with Gasteiger partial charge in [-0.15, -0.1) is 0 Å². The Kier molecular flexibility index (Phi) is 5.45. The summed E-state index contributed by atoms with van der Waals surface area (Å²) in [4.78, 5) is 15.1. The van der Waals surface area contributed by atoms with E-state index in [2.05, 4.69) is 19.9 Å². The van der Waals surface area contributed by atoms with Gasteiger partial charge in [-0.1, -0.05) is 0 Å². The van der Waals surface area contributed by atoms with Crippen molar-refractivity contribution in [1.29, 1.82) is 0 Å². The molecule has 0 radical (unpaired) electrons. The molecule has 0 amide bonds. The maximum Gasteiger partial charge on any atom is 0.229 e. The molecule has 3 heterocycles. The Morgan fingerprint density at radius 3 is 2.70 bits per heavy atom. The van der Waals surface area contributed by atoms with Crippen LogP contribution in [0.25, 0.3) is 11.0 Å². The second kappa shape index (κ2) is 8.31. The number of anilines is 1. The van der Waals surface area contributed by atoms with Crippen molar-refractivity contribution in [3.05, 3.63) is 42.0 Å². The second-order valence-corrected chi connectivity index (χ2v) is 10.3. The second-order valence-electron chi connectivity index (χ2n) is 8.58. The number of hydrogen-bond donors (Lipinski definition) is 1. The summed E-state index contributed by atoms with van der Waals surface area (Å²) >= 11 is 0. The maximum absolute atomic E-state index is 12.9. The zero-order chi connectivity index (χ0) is 23.1. The van der Waals surface area contributed by atoms with Gasteiger partial charge in [0.25, 0.3) is 0 Å². The summed E-state index contributed by atoms with van der Waals surface area (Å²) in [7, 11) is -3.41. The molecular formula is C22H24N4O6S. The number of likely N-dealkylation sites (tertiary alicyclic amines) is 1. The van der Waals surface area contributed by atoms with Gasteiger partial charge in [0.2, 0.25) is 10.0 Å². The monoisotopic (exact) mass is 472 g/mol. The highest BCUT2D eigenvalue weighted by atomic mass is 32.2. The van der Waals surface area contributed by atoms with Gasteiger partial charge in [-0.25, -0.2) is 13.0 Å². The molecule has 0 atom stereocenters. The first kappa shape index (κ1) is 21.7. The molecule has 1 N–H and O–H groups in total. The number of ketones is 1. The lowest BCUT2D eigenvalue weighted by Gasteiger charge is -2.44. The van der Waals surface area contributed by atoms with Gasteiger partial charge < -0.3 is 9.47 Å². The highest BCUT2D eigenvalue weighted by Gasteiger charge is 2.43. The number of aromatic nitrogens is 2. The lowest BCUT2D eigenvalue weighted by Crippen LogP contribution is -2.51. The average Bonchev–Trinajstić information content (AvgIpc) is 3.23. The van der Waals surface area contributed by atoms with E-state index in [0.29, 0.717) is 46.8 Å². The quantitative estimate of drug-likeness (QED) is 0.576. The van der Waals surface area contributed by atoms with E-state index in [1.54, 1.807) is 30.3 Å². The minimum absolute atomic E-state index is 0.0251. The van der Waals surface area contributed by atoms with Crippen molar-refractivity contribution in [2.75, 3.05) is 37.2 Å². The first-order valence-electron chi connectivity index (χ1n) is 10.7. The van der Waals surface area contributed by atoms with Crippen molar-refractivity contribution in [3.8, 4) is 11.5 Å². The Labute approximate surface area is 190 Å². The maximum atomic E-state index is 12.9. The summed E-state index contributed by atoms with van der Waals surface area (Å²) in [5, 5.41) is 7.60. The van der Waals surface area contributed by atoms with Gasteiger partial charge >= 0.3 is 0 Å². The lowest BCUT2D eigenvalue weighted by atomic mass is 9.82. The molecular weight excluding hydrogens is 448 g/mol. The number of carbonyl (C=O) groups is 1. The van der Waals surface area contributed by atoms with E-state index < -0.39 is 15.6 Å². The Morgan fingerprint density at radius 2 is 1.91 bits per heavy atom. The van der Waals surface area contributed by atoms with Gasteiger partial charge in [0.15, 0.2) is 5.78 Å². The van der Waals surface area contributed by atoms with Crippen LogP contribution in [0.1, 0.15) is 29.6 Å². The summed E-state index contributed by atoms with van der Waals surface area (Å²) in [5.74, 6) is 1.21. The Bertz CT molecular complexity index is 1300. The number of Topliss-reactive ketones (excluding diaryl/α,β-unsaturated/α-hetero) is 1. The van der Waals surface area contributed by atoms with Gasteiger partial charge in [-0.2, -0.15) is 0 Å². The van der Waals surface area contributed by atoms with Crippen LogP contribution >= 0.6 is 0 Å². The summed E-state index contributed by atoms with van der Waals surface area (Å²) in [6.45, 7) is 2.89. The molecule has 1 aromatic heterocycles. The van der Waals surface area contributed by atoms with Crippen molar-refractivity contribution in [1.82, 2.24) is 15.2 Å². The number of carbonyl (C=O) groups excluding carboxylic acids is 1. The van der Waals surface area contributed by atoms with Crippen LogP contribution in [0.3, 0.4) is 0 Å². The van der Waals surface area contributed by atoms with Crippen LogP contribution in [0.5, 0.6) is 11.5 Å². The minimum atomic E-state index is -3.41. The van der Waals surface area contributed by atoms with Gasteiger partial charge in [-0.3, -0.25) is 14.4 Å². The predicted octanol–water partition coefficient (Wildman–Crippen LogP) is 2.47. The van der Waals surface area contributed by atoms with E-state index in [9.17, 15) is 13.2 Å². The Hall–Kier alpha value is -3.18. The van der Waals surface area contributed by atoms with Gasteiger partial charge in [0.1, 0.15) is 34.7 Å². The van der Waals surface area contributed by atoms with Crippen molar-refractivity contribution in [2.24, 2.45) is 0 Å². The first-order valence-corrected chi connectivity index (χ1v) is 12.6. The number of hydrogen-bond acceptors (Lipinski definition) is 9. The molecule has 0 saturated carbocycles. The Morgan fingerprint density at radius 1 is 1.12 bits per heavy atom. The molecule has 174 valence electrons. The average molecular weight is 473 g/mol. The molecule has 2 aromatic carbocycles. The van der Waals surface area contributed by atoms with E-state index in [4.69, 9.17) is 14.1 Å². The topological polar surface area (TPSA) is 124 Å². The van der Waals surface area contributed by atoms with Crippen LogP contribution in [-0.2, 0) is 10.0 Å². The normalized spacial score (nSPS) is 18.2. The number of sulfonamides is 1. The summed E-state index contributed by atoms with van der Waals surface area (Å²) in [5.41, 5.74) is 1.61. The highest BCUT2D eigenvalue weighted by molar-refractivity contribution is 7.92. The van der Waals surface area contributed by atoms with E-state index in [1.165, 1.54) is 0 Å². The van der Waals surface area contributed by atoms with Crippen molar-refractivity contribution >= 4 is 32.5 Å². The summed E-state index contributed by atoms with van der Waals surface area (Å²) in [6.07, 6.45) is 2.83. The fourth-order valence-electron chi connectivity index (χ4n) is 4.38. The first-order chi connectivity index (χ1) is 15.8. The third-order valence-electron chi connectivity index (χ3n) is 6.06. The van der Waals surface area contributed by atoms with Crippen molar-refractivity contribution < 1.29 is 27.3 Å². The van der Waals surface area contributed by atoms with Crippen LogP contribution in [0, 0.1) is 0 Å². The van der Waals surface area contributed by atoms with Gasteiger partial charge in [0, 0.05) is 44.2 Å². The molecule has 0 bridgehead atoms. The van der Waals surface area contributed by atoms with E-state index in [0.717, 1.165) is 38.7 Å². The molecule has 0 aliphatic carbocycles. The lowest BCUT2D eigenvalue weighted by molar-refractivity contribution is -0.0110. The standard InChI is InChI=1S/C22H24N4O6S/c1-33(28,29)25-15-2-5-21-17(12-15)20(27)14-22(31-21)6-8-26(9-7-22)10-11-30-16-3-4-18-19(13-16)24-32-23-18/h2-5,12-13,25H,6-11,14H2,1H3. The van der Waals surface area contributed by atoms with E-state index in [-0.39, 0.29) is 5.78 Å². The molecule has 10 nitrogen and oxygen atoms in total. The van der Waals surface area contributed by atoms with Crippen LogP contribution in [0.2, 0.25) is 0 Å². The number of fused-ring (bicyclic) bond motifs is 2. The number of nitrogens with one attached hydrogen (secondary N) is 1. The molecule has 2 aliphatic heterocycles. The van der Waals surface area contributed by atoms with E-state index >= 15 is 0 Å². The number of rotatable bonds is 6. The number of nitrogens with zero attached hydrogens (tertiary/aromatic N) is 3. The van der Waals surface area contributed by atoms with Gasteiger partial charge in [0.05, 0.1) is 18.2 Å². The van der Waals surface area contributed by atoms with Crippen LogP contribution < -0.4 is 14.2 Å². The third-order valence-corrected chi connectivity index (χ3v) is 6.67. The SMILES string of the molecule is CS(=O)(=O)Nc1ccc2c(c1)C(=O)CC1(CCN(CCOc3ccc4nonc4c3)CC1)O2. The summed E-state index contributed by atoms with van der Waals surface area (Å²) in [6, 6.07) is 10.3. The molecule has 0 unspecified atom stereocenters. The smallest absolute Gasteiger partial charge is 0.229 e. The fraction of sp³-hybridized carbons (Fsp3) is 0.409. The molecule has 2 aliphatic rings. The van der Waals surface area contributed by atoms with Crippen molar-refractivity contribution in [2.45, 2.75) is 24.9 Å². The number of ether oxygens (including phenoxy) is 2. The molecule has 5 rings (SSSR count). The molecule has 3 aromatic rings. The highest BCUT2D eigenvalue weighted by Crippen LogP contribution is 2.40. The molecule has 33 heavy (non-hydrogen) atoms. The molecule has 1 spiro atoms. The molecule has 1 fully saturated rings. The number of piperidine rings is 1. The molecule has 11 heteroatoms. The van der Waals surface area contributed by atoms with Crippen LogP contribution in [0.15, 0.2) is 41.0 Å². The van der Waals surface area contributed by atoms with Gasteiger partial charge in [-0.05, 0) is 40.6 Å².